The number of rotatable bonds is 6. The fourth-order valence-corrected chi connectivity index (χ4v) is 3.49. The number of nitrogens with one attached hydrogen (secondary N) is 3. The van der Waals surface area contributed by atoms with E-state index in [0.717, 1.165) is 25.8 Å². The van der Waals surface area contributed by atoms with Gasteiger partial charge in [-0.25, -0.2) is 13.1 Å². The van der Waals surface area contributed by atoms with Crippen molar-refractivity contribution in [1.82, 2.24) is 10.0 Å². The molecule has 1 atom stereocenters. The van der Waals surface area contributed by atoms with Crippen molar-refractivity contribution in [2.75, 3.05) is 25.0 Å². The lowest BCUT2D eigenvalue weighted by Crippen LogP contribution is -2.37. The van der Waals surface area contributed by atoms with Gasteiger partial charge in [-0.2, -0.15) is 0 Å². The zero-order valence-corrected chi connectivity index (χ0v) is 14.8. The van der Waals surface area contributed by atoms with E-state index in [1.54, 1.807) is 12.1 Å². The van der Waals surface area contributed by atoms with Crippen LogP contribution in [0.4, 0.5) is 5.69 Å². The van der Waals surface area contributed by atoms with Crippen molar-refractivity contribution < 1.29 is 13.2 Å². The Bertz CT molecular complexity index is 599. The molecule has 6 nitrogen and oxygen atoms in total. The van der Waals surface area contributed by atoms with Gasteiger partial charge in [0, 0.05) is 18.8 Å². The number of benzene rings is 1. The minimum absolute atomic E-state index is 0. The number of piperidine rings is 1. The predicted octanol–water partition coefficient (Wildman–Crippen LogP) is 1.73. The van der Waals surface area contributed by atoms with Crippen molar-refractivity contribution in [2.24, 2.45) is 5.92 Å². The summed E-state index contributed by atoms with van der Waals surface area (Å²) in [7, 11) is -3.46. The van der Waals surface area contributed by atoms with Crippen LogP contribution in [0.3, 0.4) is 0 Å². The van der Waals surface area contributed by atoms with Crippen molar-refractivity contribution in [3.63, 3.8) is 0 Å². The molecule has 1 aliphatic rings. The van der Waals surface area contributed by atoms with E-state index in [1.165, 1.54) is 12.1 Å². The van der Waals surface area contributed by atoms with E-state index in [4.69, 9.17) is 0 Å². The van der Waals surface area contributed by atoms with Gasteiger partial charge < -0.3 is 10.6 Å². The summed E-state index contributed by atoms with van der Waals surface area (Å²) < 4.78 is 26.4. The van der Waals surface area contributed by atoms with E-state index in [1.807, 2.05) is 6.92 Å². The standard InChI is InChI=1S/C15H23N3O3S.ClH/c1-2-9-17-22(20,21)14-7-5-13(6-8-14)18-15(19)12-4-3-10-16-11-12;/h5-8,12,16-17H,2-4,9-11H2,1H3,(H,18,19);1H. The summed E-state index contributed by atoms with van der Waals surface area (Å²) in [5, 5.41) is 6.04. The summed E-state index contributed by atoms with van der Waals surface area (Å²) in [6.07, 6.45) is 2.62. The number of carbonyl (C=O) groups is 1. The molecule has 1 aromatic rings. The molecular formula is C15H24ClN3O3S. The lowest BCUT2D eigenvalue weighted by atomic mass is 9.99. The Kier molecular flexibility index (Phi) is 7.98. The van der Waals surface area contributed by atoms with Crippen molar-refractivity contribution >= 4 is 34.0 Å². The van der Waals surface area contributed by atoms with Gasteiger partial charge in [0.2, 0.25) is 15.9 Å². The molecule has 1 fully saturated rings. The third kappa shape index (κ3) is 5.76. The quantitative estimate of drug-likeness (QED) is 0.720. The van der Waals surface area contributed by atoms with Gasteiger partial charge in [0.25, 0.3) is 0 Å². The Labute approximate surface area is 143 Å². The van der Waals surface area contributed by atoms with Gasteiger partial charge in [-0.15, -0.1) is 12.4 Å². The first-order valence-electron chi connectivity index (χ1n) is 7.64. The number of halogens is 1. The lowest BCUT2D eigenvalue weighted by Gasteiger charge is -2.21. The molecule has 1 unspecified atom stereocenters. The molecular weight excluding hydrogens is 338 g/mol. The van der Waals surface area contributed by atoms with Crippen LogP contribution in [0.2, 0.25) is 0 Å². The third-order valence-electron chi connectivity index (χ3n) is 3.64. The second-order valence-corrected chi connectivity index (χ2v) is 7.22. The summed E-state index contributed by atoms with van der Waals surface area (Å²) in [5.74, 6) is -0.0460. The van der Waals surface area contributed by atoms with Crippen molar-refractivity contribution in [1.29, 1.82) is 0 Å². The first-order chi connectivity index (χ1) is 10.5. The minimum Gasteiger partial charge on any atom is -0.326 e. The fraction of sp³-hybridized carbons (Fsp3) is 0.533. The molecule has 0 saturated carbocycles. The average molecular weight is 362 g/mol. The van der Waals surface area contributed by atoms with Crippen LogP contribution in [-0.2, 0) is 14.8 Å². The normalized spacial score (nSPS) is 18.0. The zero-order valence-electron chi connectivity index (χ0n) is 13.2. The lowest BCUT2D eigenvalue weighted by molar-refractivity contribution is -0.120. The molecule has 3 N–H and O–H groups in total. The van der Waals surface area contributed by atoms with Gasteiger partial charge in [0.1, 0.15) is 0 Å². The molecule has 130 valence electrons. The van der Waals surface area contributed by atoms with Gasteiger partial charge in [-0.1, -0.05) is 6.92 Å². The summed E-state index contributed by atoms with van der Waals surface area (Å²) in [6.45, 7) is 3.97. The maximum Gasteiger partial charge on any atom is 0.240 e. The summed E-state index contributed by atoms with van der Waals surface area (Å²) >= 11 is 0. The highest BCUT2D eigenvalue weighted by Gasteiger charge is 2.21. The van der Waals surface area contributed by atoms with Crippen LogP contribution in [-0.4, -0.2) is 34.0 Å². The average Bonchev–Trinajstić information content (AvgIpc) is 2.54. The maximum absolute atomic E-state index is 12.1. The number of sulfonamides is 1. The molecule has 0 aromatic heterocycles. The van der Waals surface area contributed by atoms with Crippen LogP contribution >= 0.6 is 12.4 Å². The molecule has 1 aliphatic heterocycles. The summed E-state index contributed by atoms with van der Waals surface area (Å²) in [6, 6.07) is 6.25. The van der Waals surface area contributed by atoms with Crippen LogP contribution in [0.15, 0.2) is 29.2 Å². The third-order valence-corrected chi connectivity index (χ3v) is 5.12. The van der Waals surface area contributed by atoms with Gasteiger partial charge in [0.15, 0.2) is 0 Å². The second kappa shape index (κ2) is 9.22. The summed E-state index contributed by atoms with van der Waals surface area (Å²) in [5.41, 5.74) is 0.616. The minimum atomic E-state index is -3.46. The van der Waals surface area contributed by atoms with Crippen LogP contribution < -0.4 is 15.4 Å². The van der Waals surface area contributed by atoms with Crippen LogP contribution in [0.25, 0.3) is 0 Å². The molecule has 0 bridgehead atoms. The Morgan fingerprint density at radius 1 is 1.30 bits per heavy atom. The van der Waals surface area contributed by atoms with Gasteiger partial charge >= 0.3 is 0 Å². The SMILES string of the molecule is CCCNS(=O)(=O)c1ccc(NC(=O)C2CCCNC2)cc1.Cl. The highest BCUT2D eigenvalue weighted by molar-refractivity contribution is 7.89. The predicted molar refractivity (Wildman–Crippen MR) is 93.4 cm³/mol. The Morgan fingerprint density at radius 3 is 2.57 bits per heavy atom. The molecule has 8 heteroatoms. The molecule has 23 heavy (non-hydrogen) atoms. The van der Waals surface area contributed by atoms with Crippen molar-refractivity contribution in [3.05, 3.63) is 24.3 Å². The Hall–Kier alpha value is -1.15. The van der Waals surface area contributed by atoms with Crippen molar-refractivity contribution in [3.8, 4) is 0 Å². The van der Waals surface area contributed by atoms with E-state index < -0.39 is 10.0 Å². The van der Waals surface area contributed by atoms with Gasteiger partial charge in [0.05, 0.1) is 10.8 Å². The largest absolute Gasteiger partial charge is 0.326 e. The molecule has 1 heterocycles. The van der Waals surface area contributed by atoms with E-state index in [9.17, 15) is 13.2 Å². The monoisotopic (exact) mass is 361 g/mol. The second-order valence-electron chi connectivity index (χ2n) is 5.45. The Balaban J connectivity index is 0.00000264. The molecule has 0 aliphatic carbocycles. The number of anilines is 1. The van der Waals surface area contributed by atoms with Crippen LogP contribution in [0, 0.1) is 5.92 Å². The molecule has 2 rings (SSSR count). The first-order valence-corrected chi connectivity index (χ1v) is 9.12. The summed E-state index contributed by atoms with van der Waals surface area (Å²) in [4.78, 5) is 12.3. The van der Waals surface area contributed by atoms with Gasteiger partial charge in [-0.05, 0) is 50.1 Å². The molecule has 0 spiro atoms. The molecule has 1 saturated heterocycles. The van der Waals surface area contributed by atoms with E-state index in [0.29, 0.717) is 18.8 Å². The van der Waals surface area contributed by atoms with E-state index in [-0.39, 0.29) is 29.1 Å². The number of hydrogen-bond acceptors (Lipinski definition) is 4. The topological polar surface area (TPSA) is 87.3 Å². The van der Waals surface area contributed by atoms with Gasteiger partial charge in [-0.3, -0.25) is 4.79 Å². The zero-order chi connectivity index (χ0) is 16.0. The highest BCUT2D eigenvalue weighted by Crippen LogP contribution is 2.17. The Morgan fingerprint density at radius 2 is 2.00 bits per heavy atom. The fourth-order valence-electron chi connectivity index (χ4n) is 2.36. The molecule has 0 radical (unpaired) electrons. The molecule has 1 aromatic carbocycles. The highest BCUT2D eigenvalue weighted by atomic mass is 35.5. The molecule has 1 amide bonds. The van der Waals surface area contributed by atoms with E-state index >= 15 is 0 Å². The number of carbonyl (C=O) groups excluding carboxylic acids is 1. The number of hydrogen-bond donors (Lipinski definition) is 3. The van der Waals surface area contributed by atoms with Crippen molar-refractivity contribution in [2.45, 2.75) is 31.1 Å². The smallest absolute Gasteiger partial charge is 0.240 e. The van der Waals surface area contributed by atoms with Crippen LogP contribution in [0.1, 0.15) is 26.2 Å². The van der Waals surface area contributed by atoms with E-state index in [2.05, 4.69) is 15.4 Å². The first kappa shape index (κ1) is 19.9. The maximum atomic E-state index is 12.1. The van der Waals surface area contributed by atoms with Crippen LogP contribution in [0.5, 0.6) is 0 Å². The number of amides is 1.